The third kappa shape index (κ3) is 3.19. The lowest BCUT2D eigenvalue weighted by atomic mass is 10.3. The highest BCUT2D eigenvalue weighted by atomic mass is 16.4. The van der Waals surface area contributed by atoms with Gasteiger partial charge in [-0.1, -0.05) is 5.16 Å². The van der Waals surface area contributed by atoms with Gasteiger partial charge in [0.2, 0.25) is 0 Å². The molecule has 0 aliphatic carbocycles. The predicted molar refractivity (Wildman–Crippen MR) is 57.0 cm³/mol. The van der Waals surface area contributed by atoms with Crippen molar-refractivity contribution in [2.24, 2.45) is 10.9 Å². The highest BCUT2D eigenvalue weighted by Crippen LogP contribution is 2.00. The average molecular weight is 223 g/mol. The number of nitrogens with two attached hydrogens (primary N) is 1. The zero-order valence-corrected chi connectivity index (χ0v) is 8.87. The zero-order chi connectivity index (χ0) is 12.0. The second-order valence-corrected chi connectivity index (χ2v) is 3.20. The number of oxime groups is 1. The van der Waals surface area contributed by atoms with Crippen LogP contribution >= 0.6 is 0 Å². The van der Waals surface area contributed by atoms with Gasteiger partial charge in [-0.15, -0.1) is 0 Å². The van der Waals surface area contributed by atoms with E-state index in [2.05, 4.69) is 15.1 Å². The molecule has 0 saturated heterocycles. The van der Waals surface area contributed by atoms with Crippen LogP contribution < -0.4 is 5.73 Å². The fraction of sp³-hybridized carbons (Fsp3) is 0.333. The fourth-order valence-corrected chi connectivity index (χ4v) is 1.06. The highest BCUT2D eigenvalue weighted by Gasteiger charge is 2.11. The molecule has 0 unspecified atom stereocenters. The van der Waals surface area contributed by atoms with Crippen LogP contribution in [-0.2, 0) is 0 Å². The number of hydrogen-bond donors (Lipinski definition) is 2. The van der Waals surface area contributed by atoms with Crippen molar-refractivity contribution < 1.29 is 10.0 Å². The standard InChI is InChI=1S/C9H13N5O2/c1-14(3-2-8(10)13-16)9(15)7-4-11-6-12-5-7/h4-6,16H,2-3H2,1H3,(H2,10,13). The third-order valence-electron chi connectivity index (χ3n) is 1.99. The minimum absolute atomic E-state index is 0.0870. The summed E-state index contributed by atoms with van der Waals surface area (Å²) in [6.07, 6.45) is 4.55. The van der Waals surface area contributed by atoms with Crippen LogP contribution in [0, 0.1) is 0 Å². The van der Waals surface area contributed by atoms with Crippen molar-refractivity contribution >= 4 is 11.7 Å². The Morgan fingerprint density at radius 2 is 2.19 bits per heavy atom. The van der Waals surface area contributed by atoms with E-state index in [1.165, 1.54) is 23.6 Å². The number of carbonyl (C=O) groups excluding carboxylic acids is 1. The molecule has 0 radical (unpaired) electrons. The Balaban J connectivity index is 2.55. The smallest absolute Gasteiger partial charge is 0.256 e. The molecule has 0 aliphatic heterocycles. The summed E-state index contributed by atoms with van der Waals surface area (Å²) in [5, 5.41) is 11.2. The van der Waals surface area contributed by atoms with Crippen molar-refractivity contribution in [1.82, 2.24) is 14.9 Å². The van der Waals surface area contributed by atoms with E-state index < -0.39 is 0 Å². The molecular weight excluding hydrogens is 210 g/mol. The van der Waals surface area contributed by atoms with Gasteiger partial charge in [-0.2, -0.15) is 0 Å². The molecule has 0 spiro atoms. The molecule has 0 fully saturated rings. The first-order chi connectivity index (χ1) is 7.65. The summed E-state index contributed by atoms with van der Waals surface area (Å²) < 4.78 is 0. The van der Waals surface area contributed by atoms with E-state index in [1.54, 1.807) is 7.05 Å². The van der Waals surface area contributed by atoms with Gasteiger partial charge in [0.05, 0.1) is 5.56 Å². The molecule has 0 aromatic carbocycles. The van der Waals surface area contributed by atoms with Crippen molar-refractivity contribution in [3.63, 3.8) is 0 Å². The van der Waals surface area contributed by atoms with Gasteiger partial charge in [0, 0.05) is 32.4 Å². The highest BCUT2D eigenvalue weighted by molar-refractivity contribution is 5.93. The summed E-state index contributed by atoms with van der Waals surface area (Å²) in [4.78, 5) is 20.7. The van der Waals surface area contributed by atoms with Crippen LogP contribution in [0.2, 0.25) is 0 Å². The van der Waals surface area contributed by atoms with E-state index in [0.29, 0.717) is 18.5 Å². The summed E-state index contributed by atoms with van der Waals surface area (Å²) in [5.74, 6) is -0.115. The number of nitrogens with zero attached hydrogens (tertiary/aromatic N) is 4. The summed E-state index contributed by atoms with van der Waals surface area (Å²) in [6.45, 7) is 0.365. The van der Waals surface area contributed by atoms with Crippen LogP contribution in [0.25, 0.3) is 0 Å². The topological polar surface area (TPSA) is 105 Å². The van der Waals surface area contributed by atoms with Gasteiger partial charge < -0.3 is 15.8 Å². The van der Waals surface area contributed by atoms with Crippen LogP contribution in [-0.4, -0.2) is 45.4 Å². The van der Waals surface area contributed by atoms with E-state index in [9.17, 15) is 4.79 Å². The van der Waals surface area contributed by atoms with Crippen LogP contribution in [0.3, 0.4) is 0 Å². The van der Waals surface area contributed by atoms with Crippen molar-refractivity contribution in [1.29, 1.82) is 0 Å². The van der Waals surface area contributed by atoms with Crippen LogP contribution in [0.1, 0.15) is 16.8 Å². The normalized spacial score (nSPS) is 11.2. The Morgan fingerprint density at radius 1 is 1.56 bits per heavy atom. The first-order valence-corrected chi connectivity index (χ1v) is 4.62. The summed E-state index contributed by atoms with van der Waals surface area (Å²) in [5.41, 5.74) is 5.70. The van der Waals surface area contributed by atoms with Crippen molar-refractivity contribution in [2.75, 3.05) is 13.6 Å². The van der Waals surface area contributed by atoms with E-state index in [-0.39, 0.29) is 11.7 Å². The molecule has 1 rings (SSSR count). The number of hydrogen-bond acceptors (Lipinski definition) is 5. The third-order valence-corrected chi connectivity index (χ3v) is 1.99. The predicted octanol–water partition coefficient (Wildman–Crippen LogP) is -0.315. The Bertz CT molecular complexity index is 379. The van der Waals surface area contributed by atoms with Gasteiger partial charge in [0.25, 0.3) is 5.91 Å². The Labute approximate surface area is 92.6 Å². The van der Waals surface area contributed by atoms with Crippen molar-refractivity contribution in [3.05, 3.63) is 24.3 Å². The molecule has 1 aromatic rings. The minimum Gasteiger partial charge on any atom is -0.409 e. The molecule has 16 heavy (non-hydrogen) atoms. The second-order valence-electron chi connectivity index (χ2n) is 3.20. The largest absolute Gasteiger partial charge is 0.409 e. The second kappa shape index (κ2) is 5.64. The molecule has 3 N–H and O–H groups in total. The summed E-state index contributed by atoms with van der Waals surface area (Å²) in [7, 11) is 1.62. The van der Waals surface area contributed by atoms with Crippen molar-refractivity contribution in [3.8, 4) is 0 Å². The lowest BCUT2D eigenvalue weighted by molar-refractivity contribution is 0.0797. The first-order valence-electron chi connectivity index (χ1n) is 4.62. The maximum absolute atomic E-state index is 11.7. The summed E-state index contributed by atoms with van der Waals surface area (Å²) >= 11 is 0. The quantitative estimate of drug-likeness (QED) is 0.315. The Morgan fingerprint density at radius 3 is 2.75 bits per heavy atom. The maximum atomic E-state index is 11.7. The fourth-order valence-electron chi connectivity index (χ4n) is 1.06. The number of amides is 1. The van der Waals surface area contributed by atoms with Gasteiger partial charge >= 0.3 is 0 Å². The minimum atomic E-state index is -0.202. The van der Waals surface area contributed by atoms with Gasteiger partial charge in [-0.3, -0.25) is 4.79 Å². The molecule has 1 amide bonds. The zero-order valence-electron chi connectivity index (χ0n) is 8.87. The molecule has 86 valence electrons. The van der Waals surface area contributed by atoms with Gasteiger partial charge in [0.1, 0.15) is 12.2 Å². The van der Waals surface area contributed by atoms with E-state index in [1.807, 2.05) is 0 Å². The number of carbonyl (C=O) groups is 1. The van der Waals surface area contributed by atoms with Gasteiger partial charge in [-0.05, 0) is 0 Å². The molecule has 0 bridgehead atoms. The molecule has 0 aliphatic rings. The molecule has 1 aromatic heterocycles. The Hall–Kier alpha value is -2.18. The molecule has 1 heterocycles. The number of rotatable bonds is 4. The molecular formula is C9H13N5O2. The monoisotopic (exact) mass is 223 g/mol. The number of amidine groups is 1. The SMILES string of the molecule is CN(CCC(N)=NO)C(=O)c1cncnc1. The molecule has 0 saturated carbocycles. The molecule has 7 nitrogen and oxygen atoms in total. The molecule has 7 heteroatoms. The Kier molecular flexibility index (Phi) is 4.19. The lowest BCUT2D eigenvalue weighted by Crippen LogP contribution is -2.30. The first kappa shape index (κ1) is 11.9. The lowest BCUT2D eigenvalue weighted by Gasteiger charge is -2.15. The van der Waals surface area contributed by atoms with Crippen LogP contribution in [0.4, 0.5) is 0 Å². The van der Waals surface area contributed by atoms with Gasteiger partial charge in [-0.25, -0.2) is 9.97 Å². The molecule has 0 atom stereocenters. The average Bonchev–Trinajstić information content (AvgIpc) is 2.35. The van der Waals surface area contributed by atoms with E-state index in [0.717, 1.165) is 0 Å². The van der Waals surface area contributed by atoms with Crippen LogP contribution in [0.5, 0.6) is 0 Å². The maximum Gasteiger partial charge on any atom is 0.256 e. The van der Waals surface area contributed by atoms with Crippen molar-refractivity contribution in [2.45, 2.75) is 6.42 Å². The number of aromatic nitrogens is 2. The van der Waals surface area contributed by atoms with Crippen LogP contribution in [0.15, 0.2) is 23.9 Å². The summed E-state index contributed by atoms with van der Waals surface area (Å²) in [6, 6.07) is 0. The van der Waals surface area contributed by atoms with E-state index >= 15 is 0 Å². The van der Waals surface area contributed by atoms with Gasteiger partial charge in [0.15, 0.2) is 0 Å². The van der Waals surface area contributed by atoms with E-state index in [4.69, 9.17) is 10.9 Å².